The maximum Gasteiger partial charge on any atom is 0.0703 e. The third kappa shape index (κ3) is 3.56. The SMILES string of the molecule is CCC(C)(C)C1CCC(O)(Cc2ccccn2)CC1. The van der Waals surface area contributed by atoms with Crippen LogP contribution in [0, 0.1) is 11.3 Å². The molecule has 0 spiro atoms. The highest BCUT2D eigenvalue weighted by Gasteiger charge is 2.38. The van der Waals surface area contributed by atoms with Gasteiger partial charge in [-0.05, 0) is 49.1 Å². The van der Waals surface area contributed by atoms with Gasteiger partial charge in [-0.3, -0.25) is 4.98 Å². The Labute approximate surface area is 117 Å². The molecule has 1 fully saturated rings. The molecule has 2 heteroatoms. The number of aromatic nitrogens is 1. The normalized spacial score (nSPS) is 28.3. The first kappa shape index (κ1) is 14.5. The lowest BCUT2D eigenvalue weighted by molar-refractivity contribution is -0.0282. The zero-order chi connectivity index (χ0) is 13.9. The van der Waals surface area contributed by atoms with E-state index in [9.17, 15) is 5.11 Å². The van der Waals surface area contributed by atoms with Crippen LogP contribution in [0.25, 0.3) is 0 Å². The Morgan fingerprint density at radius 1 is 1.32 bits per heavy atom. The molecule has 1 aliphatic rings. The van der Waals surface area contributed by atoms with Crippen LogP contribution >= 0.6 is 0 Å². The van der Waals surface area contributed by atoms with Gasteiger partial charge < -0.3 is 5.11 Å². The van der Waals surface area contributed by atoms with Gasteiger partial charge in [0.15, 0.2) is 0 Å². The second kappa shape index (κ2) is 5.62. The lowest BCUT2D eigenvalue weighted by Crippen LogP contribution is -2.39. The van der Waals surface area contributed by atoms with Crippen molar-refractivity contribution in [3.8, 4) is 0 Å². The second-order valence-electron chi connectivity index (χ2n) is 6.84. The Hall–Kier alpha value is -0.890. The molecule has 0 radical (unpaired) electrons. The molecule has 0 aromatic carbocycles. The topological polar surface area (TPSA) is 33.1 Å². The van der Waals surface area contributed by atoms with Crippen molar-refractivity contribution in [1.29, 1.82) is 0 Å². The van der Waals surface area contributed by atoms with Gasteiger partial charge in [0.1, 0.15) is 0 Å². The molecular formula is C17H27NO. The highest BCUT2D eigenvalue weighted by atomic mass is 16.3. The molecule has 0 amide bonds. The molecule has 1 N–H and O–H groups in total. The number of rotatable bonds is 4. The fourth-order valence-corrected chi connectivity index (χ4v) is 3.24. The molecular weight excluding hydrogens is 234 g/mol. The molecule has 0 bridgehead atoms. The van der Waals surface area contributed by atoms with Gasteiger partial charge in [-0.1, -0.05) is 33.3 Å². The Morgan fingerprint density at radius 2 is 2.00 bits per heavy atom. The van der Waals surface area contributed by atoms with Crippen LogP contribution in [0.5, 0.6) is 0 Å². The van der Waals surface area contributed by atoms with Crippen LogP contribution < -0.4 is 0 Å². The van der Waals surface area contributed by atoms with Gasteiger partial charge in [0.25, 0.3) is 0 Å². The number of hydrogen-bond acceptors (Lipinski definition) is 2. The van der Waals surface area contributed by atoms with E-state index in [0.29, 0.717) is 11.8 Å². The molecule has 0 saturated heterocycles. The summed E-state index contributed by atoms with van der Waals surface area (Å²) in [5.74, 6) is 0.751. The van der Waals surface area contributed by atoms with Crippen molar-refractivity contribution < 1.29 is 5.11 Å². The zero-order valence-corrected chi connectivity index (χ0v) is 12.5. The molecule has 1 aromatic heterocycles. The lowest BCUT2D eigenvalue weighted by atomic mass is 9.66. The van der Waals surface area contributed by atoms with Gasteiger partial charge in [-0.2, -0.15) is 0 Å². The van der Waals surface area contributed by atoms with E-state index in [0.717, 1.165) is 37.3 Å². The van der Waals surface area contributed by atoms with Gasteiger partial charge in [-0.25, -0.2) is 0 Å². The maximum atomic E-state index is 10.7. The molecule has 0 unspecified atom stereocenters. The van der Waals surface area contributed by atoms with Crippen LogP contribution in [-0.4, -0.2) is 15.7 Å². The van der Waals surface area contributed by atoms with Gasteiger partial charge in [-0.15, -0.1) is 0 Å². The quantitative estimate of drug-likeness (QED) is 0.889. The molecule has 1 saturated carbocycles. The van der Waals surface area contributed by atoms with E-state index >= 15 is 0 Å². The number of nitrogens with zero attached hydrogens (tertiary/aromatic N) is 1. The van der Waals surface area contributed by atoms with Crippen molar-refractivity contribution in [1.82, 2.24) is 4.98 Å². The van der Waals surface area contributed by atoms with E-state index in [-0.39, 0.29) is 0 Å². The summed E-state index contributed by atoms with van der Waals surface area (Å²) < 4.78 is 0. The average molecular weight is 261 g/mol. The van der Waals surface area contributed by atoms with E-state index < -0.39 is 5.60 Å². The van der Waals surface area contributed by atoms with Crippen molar-refractivity contribution in [3.63, 3.8) is 0 Å². The summed E-state index contributed by atoms with van der Waals surface area (Å²) in [6.45, 7) is 7.00. The number of pyridine rings is 1. The predicted molar refractivity (Wildman–Crippen MR) is 78.9 cm³/mol. The molecule has 1 aromatic rings. The standard InChI is InChI=1S/C17H27NO/c1-4-16(2,3)14-8-10-17(19,11-9-14)13-15-7-5-6-12-18-15/h5-7,12,14,19H,4,8-11,13H2,1-3H3. The lowest BCUT2D eigenvalue weighted by Gasteiger charge is -2.42. The molecule has 106 valence electrons. The van der Waals surface area contributed by atoms with Crippen molar-refractivity contribution >= 4 is 0 Å². The van der Waals surface area contributed by atoms with Gasteiger partial charge in [0, 0.05) is 18.3 Å². The van der Waals surface area contributed by atoms with Gasteiger partial charge >= 0.3 is 0 Å². The van der Waals surface area contributed by atoms with Crippen LogP contribution in [0.4, 0.5) is 0 Å². The minimum Gasteiger partial charge on any atom is -0.389 e. The first-order valence-corrected chi connectivity index (χ1v) is 7.57. The van der Waals surface area contributed by atoms with Gasteiger partial charge in [0.2, 0.25) is 0 Å². The summed E-state index contributed by atoms with van der Waals surface area (Å²) in [5, 5.41) is 10.7. The Kier molecular flexibility index (Phi) is 4.29. The third-order valence-corrected chi connectivity index (χ3v) is 5.17. The fourth-order valence-electron chi connectivity index (χ4n) is 3.24. The molecule has 0 aliphatic heterocycles. The number of hydrogen-bond donors (Lipinski definition) is 1. The highest BCUT2D eigenvalue weighted by molar-refractivity contribution is 5.08. The Morgan fingerprint density at radius 3 is 2.53 bits per heavy atom. The first-order valence-electron chi connectivity index (χ1n) is 7.57. The van der Waals surface area contributed by atoms with Crippen LogP contribution in [0.3, 0.4) is 0 Å². The van der Waals surface area contributed by atoms with Crippen molar-refractivity contribution in [3.05, 3.63) is 30.1 Å². The first-order chi connectivity index (χ1) is 8.95. The molecule has 2 nitrogen and oxygen atoms in total. The monoisotopic (exact) mass is 261 g/mol. The largest absolute Gasteiger partial charge is 0.389 e. The molecule has 0 atom stereocenters. The highest BCUT2D eigenvalue weighted by Crippen LogP contribution is 2.44. The van der Waals surface area contributed by atoms with Crippen molar-refractivity contribution in [2.45, 2.75) is 64.9 Å². The Balaban J connectivity index is 1.95. The van der Waals surface area contributed by atoms with Crippen LogP contribution in [0.1, 0.15) is 58.6 Å². The summed E-state index contributed by atoms with van der Waals surface area (Å²) in [5.41, 5.74) is 0.888. The molecule has 19 heavy (non-hydrogen) atoms. The second-order valence-corrected chi connectivity index (χ2v) is 6.84. The van der Waals surface area contributed by atoms with E-state index in [1.165, 1.54) is 6.42 Å². The summed E-state index contributed by atoms with van der Waals surface area (Å²) in [7, 11) is 0. The van der Waals surface area contributed by atoms with Crippen LogP contribution in [0.15, 0.2) is 24.4 Å². The summed E-state index contributed by atoms with van der Waals surface area (Å²) in [4.78, 5) is 4.34. The molecule has 1 aliphatic carbocycles. The minimum atomic E-state index is -0.533. The minimum absolute atomic E-state index is 0.409. The molecule has 2 rings (SSSR count). The number of aliphatic hydroxyl groups is 1. The summed E-state index contributed by atoms with van der Waals surface area (Å²) in [6, 6.07) is 5.94. The predicted octanol–water partition coefficient (Wildman–Crippen LogP) is 3.98. The smallest absolute Gasteiger partial charge is 0.0703 e. The van der Waals surface area contributed by atoms with Crippen molar-refractivity contribution in [2.24, 2.45) is 11.3 Å². The fraction of sp³-hybridized carbons (Fsp3) is 0.706. The Bertz CT molecular complexity index is 391. The zero-order valence-electron chi connectivity index (χ0n) is 12.5. The van der Waals surface area contributed by atoms with Crippen LogP contribution in [0.2, 0.25) is 0 Å². The van der Waals surface area contributed by atoms with E-state index in [2.05, 4.69) is 25.8 Å². The summed E-state index contributed by atoms with van der Waals surface area (Å²) in [6.07, 6.45) is 7.84. The third-order valence-electron chi connectivity index (χ3n) is 5.17. The van der Waals surface area contributed by atoms with Crippen molar-refractivity contribution in [2.75, 3.05) is 0 Å². The van der Waals surface area contributed by atoms with E-state index in [1.807, 2.05) is 24.4 Å². The van der Waals surface area contributed by atoms with E-state index in [4.69, 9.17) is 0 Å². The molecule has 1 heterocycles. The van der Waals surface area contributed by atoms with Gasteiger partial charge in [0.05, 0.1) is 5.60 Å². The van der Waals surface area contributed by atoms with Crippen LogP contribution in [-0.2, 0) is 6.42 Å². The van der Waals surface area contributed by atoms with E-state index in [1.54, 1.807) is 0 Å². The average Bonchev–Trinajstić information content (AvgIpc) is 2.40. The maximum absolute atomic E-state index is 10.7. The summed E-state index contributed by atoms with van der Waals surface area (Å²) >= 11 is 0.